The number of hydrogen-bond donors (Lipinski definition) is 2. The van der Waals surface area contributed by atoms with Crippen LogP contribution in [0.5, 0.6) is 5.75 Å². The number of pyridine rings is 1. The van der Waals surface area contributed by atoms with Gasteiger partial charge in [-0.2, -0.15) is 0 Å². The normalized spacial score (nSPS) is 11.4. The Kier molecular flexibility index (Phi) is 5.67. The van der Waals surface area contributed by atoms with E-state index in [2.05, 4.69) is 15.3 Å². The molecule has 8 nitrogen and oxygen atoms in total. The first-order chi connectivity index (χ1) is 15.4. The summed E-state index contributed by atoms with van der Waals surface area (Å²) in [5.74, 6) is -0.0423. The second-order valence-electron chi connectivity index (χ2n) is 6.99. The molecule has 8 heteroatoms. The molecule has 0 saturated heterocycles. The number of anilines is 1. The van der Waals surface area contributed by atoms with Crippen LogP contribution < -0.4 is 21.3 Å². The molecule has 0 aliphatic carbocycles. The quantitative estimate of drug-likeness (QED) is 0.502. The number of nitrogens with two attached hydrogens (primary N) is 1. The number of benzene rings is 2. The van der Waals surface area contributed by atoms with E-state index in [0.717, 1.165) is 5.69 Å². The van der Waals surface area contributed by atoms with Crippen LogP contribution in [0.3, 0.4) is 0 Å². The maximum Gasteiger partial charge on any atom is 0.262 e. The van der Waals surface area contributed by atoms with Gasteiger partial charge in [-0.15, -0.1) is 0 Å². The van der Waals surface area contributed by atoms with Gasteiger partial charge in [0.15, 0.2) is 11.3 Å². The smallest absolute Gasteiger partial charge is 0.262 e. The lowest BCUT2D eigenvalue weighted by atomic mass is 10.1. The van der Waals surface area contributed by atoms with Crippen LogP contribution in [-0.2, 0) is 0 Å². The minimum atomic E-state index is -0.539. The molecule has 0 radical (unpaired) electrons. The SMILES string of the molecule is COc1cccc2cc(C(=O)Nc3cccc(C)n3)c(=Nc3ccc(C(N)=O)cc3)oc12. The molecule has 0 fully saturated rings. The topological polar surface area (TPSA) is 120 Å². The maximum absolute atomic E-state index is 13.1. The number of carbonyl (C=O) groups is 2. The Balaban J connectivity index is 1.86. The van der Waals surface area contributed by atoms with E-state index in [1.54, 1.807) is 54.6 Å². The number of hydrogen-bond acceptors (Lipinski definition) is 6. The van der Waals surface area contributed by atoms with Crippen LogP contribution >= 0.6 is 0 Å². The van der Waals surface area contributed by atoms with Crippen LogP contribution in [0.15, 0.2) is 76.1 Å². The molecule has 160 valence electrons. The zero-order chi connectivity index (χ0) is 22.7. The number of aromatic nitrogens is 1. The van der Waals surface area contributed by atoms with E-state index in [1.165, 1.54) is 7.11 Å². The zero-order valence-corrected chi connectivity index (χ0v) is 17.5. The maximum atomic E-state index is 13.1. The third-order valence-electron chi connectivity index (χ3n) is 4.72. The first-order valence-electron chi connectivity index (χ1n) is 9.75. The molecule has 0 saturated carbocycles. The highest BCUT2D eigenvalue weighted by molar-refractivity contribution is 6.05. The predicted octanol–water partition coefficient (Wildman–Crippen LogP) is 3.73. The number of nitrogens with zero attached hydrogens (tertiary/aromatic N) is 2. The molecule has 2 aromatic carbocycles. The standard InChI is InChI=1S/C24H20N4O4/c1-14-5-3-8-20(26-14)28-23(30)18-13-16-6-4-7-19(31-2)21(16)32-24(18)27-17-11-9-15(10-12-17)22(25)29/h3-13H,1-2H3,(H2,25,29)(H,26,28,30). The predicted molar refractivity (Wildman–Crippen MR) is 120 cm³/mol. The molecule has 4 aromatic rings. The number of fused-ring (bicyclic) bond motifs is 1. The fraction of sp³-hybridized carbons (Fsp3) is 0.0833. The average molecular weight is 428 g/mol. The van der Waals surface area contributed by atoms with Gasteiger partial charge in [0.05, 0.1) is 12.8 Å². The number of aryl methyl sites for hydroxylation is 1. The second-order valence-corrected chi connectivity index (χ2v) is 6.99. The van der Waals surface area contributed by atoms with Crippen molar-refractivity contribution in [3.63, 3.8) is 0 Å². The van der Waals surface area contributed by atoms with Gasteiger partial charge in [-0.3, -0.25) is 9.59 Å². The molecule has 4 rings (SSSR count). The lowest BCUT2D eigenvalue weighted by Gasteiger charge is -2.09. The first kappa shape index (κ1) is 20.8. The highest BCUT2D eigenvalue weighted by Crippen LogP contribution is 2.25. The van der Waals surface area contributed by atoms with Crippen molar-refractivity contribution in [1.29, 1.82) is 0 Å². The van der Waals surface area contributed by atoms with Crippen molar-refractivity contribution < 1.29 is 18.7 Å². The Morgan fingerprint density at radius 3 is 2.50 bits per heavy atom. The first-order valence-corrected chi connectivity index (χ1v) is 9.75. The molecule has 32 heavy (non-hydrogen) atoms. The lowest BCUT2D eigenvalue weighted by Crippen LogP contribution is -2.22. The van der Waals surface area contributed by atoms with Crippen molar-refractivity contribution in [2.45, 2.75) is 6.92 Å². The van der Waals surface area contributed by atoms with Crippen molar-refractivity contribution in [1.82, 2.24) is 4.98 Å². The van der Waals surface area contributed by atoms with Crippen LogP contribution in [0.4, 0.5) is 11.5 Å². The molecule has 2 amide bonds. The van der Waals surface area contributed by atoms with E-state index >= 15 is 0 Å². The number of amides is 2. The third kappa shape index (κ3) is 4.34. The zero-order valence-electron chi connectivity index (χ0n) is 17.5. The molecule has 0 spiro atoms. The van der Waals surface area contributed by atoms with Crippen molar-refractivity contribution in [2.24, 2.45) is 10.7 Å². The number of nitrogens with one attached hydrogen (secondary N) is 1. The van der Waals surface area contributed by atoms with Crippen LogP contribution in [-0.4, -0.2) is 23.9 Å². The number of ether oxygens (including phenoxy) is 1. The van der Waals surface area contributed by atoms with Gasteiger partial charge in [0.1, 0.15) is 11.4 Å². The number of primary amides is 1. The van der Waals surface area contributed by atoms with E-state index in [4.69, 9.17) is 14.9 Å². The number of methoxy groups -OCH3 is 1. The van der Waals surface area contributed by atoms with Gasteiger partial charge in [0.25, 0.3) is 5.91 Å². The summed E-state index contributed by atoms with van der Waals surface area (Å²) in [7, 11) is 1.54. The number of para-hydroxylation sites is 1. The van der Waals surface area contributed by atoms with Crippen LogP contribution in [0, 0.1) is 6.92 Å². The Morgan fingerprint density at radius 1 is 1.06 bits per heavy atom. The number of rotatable bonds is 5. The summed E-state index contributed by atoms with van der Waals surface area (Å²) in [6, 6.07) is 18.7. The summed E-state index contributed by atoms with van der Waals surface area (Å²) in [5, 5.41) is 3.46. The fourth-order valence-electron chi connectivity index (χ4n) is 3.14. The van der Waals surface area contributed by atoms with E-state index in [0.29, 0.717) is 33.8 Å². The summed E-state index contributed by atoms with van der Waals surface area (Å²) in [6.45, 7) is 1.84. The highest BCUT2D eigenvalue weighted by Gasteiger charge is 2.15. The van der Waals surface area contributed by atoms with Gasteiger partial charge in [-0.1, -0.05) is 18.2 Å². The Hall–Kier alpha value is -4.46. The van der Waals surface area contributed by atoms with Crippen LogP contribution in [0.2, 0.25) is 0 Å². The van der Waals surface area contributed by atoms with E-state index in [1.807, 2.05) is 19.1 Å². The Bertz CT molecular complexity index is 1390. The van der Waals surface area contributed by atoms with Gasteiger partial charge in [-0.25, -0.2) is 9.98 Å². The van der Waals surface area contributed by atoms with Crippen molar-refractivity contribution in [2.75, 3.05) is 12.4 Å². The molecule has 0 aliphatic heterocycles. The van der Waals surface area contributed by atoms with E-state index in [9.17, 15) is 9.59 Å². The molecule has 0 aliphatic rings. The monoisotopic (exact) mass is 428 g/mol. The van der Waals surface area contributed by atoms with Crippen molar-refractivity contribution >= 4 is 34.3 Å². The largest absolute Gasteiger partial charge is 0.493 e. The van der Waals surface area contributed by atoms with Gasteiger partial charge in [0, 0.05) is 16.6 Å². The summed E-state index contributed by atoms with van der Waals surface area (Å²) >= 11 is 0. The minimum Gasteiger partial charge on any atom is -0.493 e. The van der Waals surface area contributed by atoms with Crippen LogP contribution in [0.1, 0.15) is 26.4 Å². The molecule has 0 bridgehead atoms. The van der Waals surface area contributed by atoms with E-state index in [-0.39, 0.29) is 11.1 Å². The Labute approximate surface area is 183 Å². The van der Waals surface area contributed by atoms with Crippen molar-refractivity contribution in [3.05, 3.63) is 89.1 Å². The van der Waals surface area contributed by atoms with Gasteiger partial charge >= 0.3 is 0 Å². The average Bonchev–Trinajstić information content (AvgIpc) is 2.78. The van der Waals surface area contributed by atoms with Crippen molar-refractivity contribution in [3.8, 4) is 5.75 Å². The summed E-state index contributed by atoms with van der Waals surface area (Å²) in [4.78, 5) is 33.2. The molecule has 2 aromatic heterocycles. The summed E-state index contributed by atoms with van der Waals surface area (Å²) in [5.41, 5.74) is 7.65. The van der Waals surface area contributed by atoms with Gasteiger partial charge in [0.2, 0.25) is 11.5 Å². The highest BCUT2D eigenvalue weighted by atomic mass is 16.5. The molecule has 2 heterocycles. The van der Waals surface area contributed by atoms with Gasteiger partial charge < -0.3 is 20.2 Å². The Morgan fingerprint density at radius 2 is 1.81 bits per heavy atom. The number of carbonyl (C=O) groups excluding carboxylic acids is 2. The second kappa shape index (κ2) is 8.73. The summed E-state index contributed by atoms with van der Waals surface area (Å²) in [6.07, 6.45) is 0. The molecular formula is C24H20N4O4. The molecule has 0 unspecified atom stereocenters. The molecule has 0 atom stereocenters. The molecular weight excluding hydrogens is 408 g/mol. The third-order valence-corrected chi connectivity index (χ3v) is 4.72. The van der Waals surface area contributed by atoms with E-state index < -0.39 is 11.8 Å². The summed E-state index contributed by atoms with van der Waals surface area (Å²) < 4.78 is 11.4. The lowest BCUT2D eigenvalue weighted by molar-refractivity contribution is 0.0997. The van der Waals surface area contributed by atoms with Gasteiger partial charge in [-0.05, 0) is 55.5 Å². The minimum absolute atomic E-state index is 0.0824. The molecule has 3 N–H and O–H groups in total. The fourth-order valence-corrected chi connectivity index (χ4v) is 3.14. The van der Waals surface area contributed by atoms with Crippen LogP contribution in [0.25, 0.3) is 11.0 Å².